The minimum absolute atomic E-state index is 0.0324. The van der Waals surface area contributed by atoms with Crippen molar-refractivity contribution in [2.75, 3.05) is 0 Å². The minimum atomic E-state index is -1.01. The van der Waals surface area contributed by atoms with E-state index in [2.05, 4.69) is 4.98 Å². The standard InChI is InChI=1S/C9H9NO3/c1-6(11)4-8-5-7(9(12)13)2-3-10-8/h2-3,5H,4H2,1H3,(H,12,13). The van der Waals surface area contributed by atoms with Crippen molar-refractivity contribution in [2.45, 2.75) is 13.3 Å². The Morgan fingerprint density at radius 1 is 1.54 bits per heavy atom. The third-order valence-corrected chi connectivity index (χ3v) is 1.49. The highest BCUT2D eigenvalue weighted by atomic mass is 16.4. The Morgan fingerprint density at radius 2 is 2.23 bits per heavy atom. The Bertz CT molecular complexity index is 346. The van der Waals surface area contributed by atoms with E-state index in [1.54, 1.807) is 0 Å². The zero-order chi connectivity index (χ0) is 9.84. The number of Topliss-reactive ketones (excluding diaryl/α,β-unsaturated/α-hetero) is 1. The van der Waals surface area contributed by atoms with Crippen LogP contribution in [0.25, 0.3) is 0 Å². The Labute approximate surface area is 75.2 Å². The lowest BCUT2D eigenvalue weighted by atomic mass is 10.1. The average molecular weight is 179 g/mol. The second-order valence-corrected chi connectivity index (χ2v) is 2.72. The summed E-state index contributed by atoms with van der Waals surface area (Å²) < 4.78 is 0. The van der Waals surface area contributed by atoms with Gasteiger partial charge in [-0.15, -0.1) is 0 Å². The fraction of sp³-hybridized carbons (Fsp3) is 0.222. The largest absolute Gasteiger partial charge is 0.478 e. The number of carbonyl (C=O) groups excluding carboxylic acids is 1. The van der Waals surface area contributed by atoms with Crippen molar-refractivity contribution in [3.63, 3.8) is 0 Å². The number of rotatable bonds is 3. The highest BCUT2D eigenvalue weighted by molar-refractivity contribution is 5.88. The molecule has 0 unspecified atom stereocenters. The van der Waals surface area contributed by atoms with Gasteiger partial charge in [0.15, 0.2) is 0 Å². The lowest BCUT2D eigenvalue weighted by Gasteiger charge is -1.97. The zero-order valence-electron chi connectivity index (χ0n) is 7.15. The van der Waals surface area contributed by atoms with Crippen molar-refractivity contribution < 1.29 is 14.7 Å². The molecule has 0 atom stereocenters. The second-order valence-electron chi connectivity index (χ2n) is 2.72. The number of nitrogens with zero attached hydrogens (tertiary/aromatic N) is 1. The molecule has 0 amide bonds. The smallest absolute Gasteiger partial charge is 0.335 e. The Kier molecular flexibility index (Phi) is 2.74. The summed E-state index contributed by atoms with van der Waals surface area (Å²) in [5.74, 6) is -1.04. The van der Waals surface area contributed by atoms with Crippen LogP contribution in [0.2, 0.25) is 0 Å². The van der Waals surface area contributed by atoms with Gasteiger partial charge in [0.2, 0.25) is 0 Å². The van der Waals surface area contributed by atoms with Crippen LogP contribution in [0.3, 0.4) is 0 Å². The molecule has 4 heteroatoms. The van der Waals surface area contributed by atoms with Crippen molar-refractivity contribution in [3.8, 4) is 0 Å². The molecule has 1 rings (SSSR count). The monoisotopic (exact) mass is 179 g/mol. The van der Waals surface area contributed by atoms with Crippen LogP contribution >= 0.6 is 0 Å². The van der Waals surface area contributed by atoms with E-state index in [1.165, 1.54) is 25.3 Å². The molecule has 0 bridgehead atoms. The summed E-state index contributed by atoms with van der Waals surface area (Å²) in [7, 11) is 0. The molecule has 0 saturated heterocycles. The SMILES string of the molecule is CC(=O)Cc1cc(C(=O)O)ccn1. The van der Waals surface area contributed by atoms with Crippen LogP contribution in [0.4, 0.5) is 0 Å². The topological polar surface area (TPSA) is 67.3 Å². The molecule has 1 heterocycles. The number of hydrogen-bond acceptors (Lipinski definition) is 3. The lowest BCUT2D eigenvalue weighted by molar-refractivity contribution is -0.116. The molecule has 13 heavy (non-hydrogen) atoms. The molecule has 0 aliphatic heterocycles. The van der Waals surface area contributed by atoms with Gasteiger partial charge in [-0.05, 0) is 19.1 Å². The summed E-state index contributed by atoms with van der Waals surface area (Å²) in [5.41, 5.74) is 0.652. The second kappa shape index (κ2) is 3.80. The molecule has 68 valence electrons. The molecule has 0 aliphatic rings. The van der Waals surface area contributed by atoms with E-state index >= 15 is 0 Å². The van der Waals surface area contributed by atoms with E-state index in [9.17, 15) is 9.59 Å². The lowest BCUT2D eigenvalue weighted by Crippen LogP contribution is -2.02. The number of ketones is 1. The van der Waals surface area contributed by atoms with E-state index in [-0.39, 0.29) is 17.8 Å². The van der Waals surface area contributed by atoms with Crippen LogP contribution < -0.4 is 0 Å². The van der Waals surface area contributed by atoms with Gasteiger partial charge in [0.25, 0.3) is 0 Å². The first-order valence-electron chi connectivity index (χ1n) is 3.77. The molecule has 0 aromatic carbocycles. The summed E-state index contributed by atoms with van der Waals surface area (Å²) in [5, 5.41) is 8.63. The third kappa shape index (κ3) is 2.66. The van der Waals surface area contributed by atoms with Crippen LogP contribution in [0.15, 0.2) is 18.3 Å². The van der Waals surface area contributed by atoms with Gasteiger partial charge < -0.3 is 5.11 Å². The molecule has 1 aromatic rings. The molecule has 0 saturated carbocycles. The summed E-state index contributed by atoms with van der Waals surface area (Å²) >= 11 is 0. The van der Waals surface area contributed by atoms with Crippen LogP contribution in [0.1, 0.15) is 23.0 Å². The molecular weight excluding hydrogens is 170 g/mol. The third-order valence-electron chi connectivity index (χ3n) is 1.49. The first kappa shape index (κ1) is 9.38. The van der Waals surface area contributed by atoms with E-state index in [1.807, 2.05) is 0 Å². The maximum absolute atomic E-state index is 10.7. The van der Waals surface area contributed by atoms with Crippen LogP contribution in [-0.2, 0) is 11.2 Å². The summed E-state index contributed by atoms with van der Waals surface area (Å²) in [4.78, 5) is 25.1. The molecule has 0 radical (unpaired) electrons. The summed E-state index contributed by atoms with van der Waals surface area (Å²) in [6.45, 7) is 1.44. The van der Waals surface area contributed by atoms with Gasteiger partial charge in [-0.25, -0.2) is 4.79 Å². The average Bonchev–Trinajstić information content (AvgIpc) is 2.03. The van der Waals surface area contributed by atoms with Gasteiger partial charge in [-0.2, -0.15) is 0 Å². The van der Waals surface area contributed by atoms with E-state index in [0.29, 0.717) is 5.69 Å². The number of aromatic carboxylic acids is 1. The molecule has 4 nitrogen and oxygen atoms in total. The maximum atomic E-state index is 10.7. The van der Waals surface area contributed by atoms with Crippen molar-refractivity contribution in [1.29, 1.82) is 0 Å². The van der Waals surface area contributed by atoms with Crippen molar-refractivity contribution in [1.82, 2.24) is 4.98 Å². The highest BCUT2D eigenvalue weighted by Crippen LogP contribution is 2.02. The quantitative estimate of drug-likeness (QED) is 0.748. The van der Waals surface area contributed by atoms with E-state index < -0.39 is 5.97 Å². The normalized spacial score (nSPS) is 9.62. The predicted molar refractivity (Wildman–Crippen MR) is 45.6 cm³/mol. The Morgan fingerprint density at radius 3 is 2.77 bits per heavy atom. The van der Waals surface area contributed by atoms with E-state index in [0.717, 1.165) is 0 Å². The van der Waals surface area contributed by atoms with Crippen LogP contribution in [0.5, 0.6) is 0 Å². The number of pyridine rings is 1. The number of carboxylic acids is 1. The fourth-order valence-corrected chi connectivity index (χ4v) is 0.963. The van der Waals surface area contributed by atoms with Gasteiger partial charge in [-0.1, -0.05) is 0 Å². The highest BCUT2D eigenvalue weighted by Gasteiger charge is 2.05. The first-order chi connectivity index (χ1) is 6.09. The summed E-state index contributed by atoms with van der Waals surface area (Å²) in [6, 6.07) is 2.80. The number of aromatic nitrogens is 1. The van der Waals surface area contributed by atoms with Gasteiger partial charge in [0.1, 0.15) is 5.78 Å². The van der Waals surface area contributed by atoms with Gasteiger partial charge in [0, 0.05) is 18.3 Å². The predicted octanol–water partition coefficient (Wildman–Crippen LogP) is 0.911. The number of carbonyl (C=O) groups is 2. The molecule has 0 spiro atoms. The Balaban J connectivity index is 2.91. The number of hydrogen-bond donors (Lipinski definition) is 1. The molecule has 1 aromatic heterocycles. The first-order valence-corrected chi connectivity index (χ1v) is 3.77. The molecule has 0 aliphatic carbocycles. The fourth-order valence-electron chi connectivity index (χ4n) is 0.963. The van der Waals surface area contributed by atoms with Crippen LogP contribution in [-0.4, -0.2) is 21.8 Å². The molecule has 1 N–H and O–H groups in total. The summed E-state index contributed by atoms with van der Waals surface area (Å²) in [6.07, 6.45) is 1.57. The number of carboxylic acid groups (broad SMARTS) is 1. The Hall–Kier alpha value is -1.71. The van der Waals surface area contributed by atoms with Crippen molar-refractivity contribution in [2.24, 2.45) is 0 Å². The zero-order valence-corrected chi connectivity index (χ0v) is 7.15. The molecular formula is C9H9NO3. The van der Waals surface area contributed by atoms with Crippen LogP contribution in [0, 0.1) is 0 Å². The molecule has 0 fully saturated rings. The van der Waals surface area contributed by atoms with Gasteiger partial charge in [0.05, 0.1) is 5.56 Å². The van der Waals surface area contributed by atoms with E-state index in [4.69, 9.17) is 5.11 Å². The van der Waals surface area contributed by atoms with Crippen molar-refractivity contribution in [3.05, 3.63) is 29.6 Å². The van der Waals surface area contributed by atoms with Gasteiger partial charge in [-0.3, -0.25) is 9.78 Å². The minimum Gasteiger partial charge on any atom is -0.478 e. The van der Waals surface area contributed by atoms with Gasteiger partial charge >= 0.3 is 5.97 Å². The van der Waals surface area contributed by atoms with Crippen molar-refractivity contribution >= 4 is 11.8 Å². The maximum Gasteiger partial charge on any atom is 0.335 e.